The molecule has 0 aliphatic carbocycles. The summed E-state index contributed by atoms with van der Waals surface area (Å²) in [5, 5.41) is 0. The van der Waals surface area contributed by atoms with E-state index in [1.807, 2.05) is 12.1 Å². The predicted molar refractivity (Wildman–Crippen MR) is 40.3 cm³/mol. The molecule has 1 aliphatic rings. The van der Waals surface area contributed by atoms with Crippen LogP contribution in [0.5, 0.6) is 0 Å². The maximum absolute atomic E-state index is 4.94. The van der Waals surface area contributed by atoms with Gasteiger partial charge in [0.2, 0.25) is 0 Å². The molecule has 1 aromatic rings. The Morgan fingerprint density at radius 1 is 0.727 bits per heavy atom. The van der Waals surface area contributed by atoms with Crippen LogP contribution in [0.1, 0.15) is 0 Å². The van der Waals surface area contributed by atoms with Crippen LogP contribution in [0.3, 0.4) is 0 Å². The van der Waals surface area contributed by atoms with E-state index >= 15 is 0 Å². The minimum absolute atomic E-state index is 0.778. The van der Waals surface area contributed by atoms with E-state index < -0.39 is 0 Å². The Morgan fingerprint density at radius 3 is 1.36 bits per heavy atom. The maximum Gasteiger partial charge on any atom is 0.0902 e. The monoisotopic (exact) mass is 156 g/mol. The zero-order chi connectivity index (χ0) is 7.78. The maximum atomic E-state index is 4.94. The highest BCUT2D eigenvalue weighted by Gasteiger charge is 1.94. The van der Waals surface area contributed by atoms with Crippen LogP contribution in [0.2, 0.25) is 0 Å². The van der Waals surface area contributed by atoms with E-state index in [2.05, 4.69) is 4.42 Å². The molecule has 11 heavy (non-hydrogen) atoms. The quantitative estimate of drug-likeness (QED) is 0.567. The summed E-state index contributed by atoms with van der Waals surface area (Å²) in [6.45, 7) is 3.11. The van der Waals surface area contributed by atoms with Crippen LogP contribution in [0, 0.1) is 0 Å². The molecular formula is C8H12O3. The van der Waals surface area contributed by atoms with E-state index in [0.29, 0.717) is 0 Å². The summed E-state index contributed by atoms with van der Waals surface area (Å²) in [6, 6.07) is 3.67. The third-order valence-electron chi connectivity index (χ3n) is 1.17. The molecule has 0 amide bonds. The van der Waals surface area contributed by atoms with Gasteiger partial charge >= 0.3 is 0 Å². The molecular weight excluding hydrogens is 144 g/mol. The van der Waals surface area contributed by atoms with Crippen molar-refractivity contribution in [1.82, 2.24) is 0 Å². The summed E-state index contributed by atoms with van der Waals surface area (Å²) in [5.41, 5.74) is 0. The third-order valence-corrected chi connectivity index (χ3v) is 1.17. The van der Waals surface area contributed by atoms with E-state index in [0.717, 1.165) is 26.4 Å². The van der Waals surface area contributed by atoms with E-state index in [-0.39, 0.29) is 0 Å². The third kappa shape index (κ3) is 4.58. The Labute approximate surface area is 65.9 Å². The minimum atomic E-state index is 0.778. The summed E-state index contributed by atoms with van der Waals surface area (Å²) in [6.07, 6.45) is 3.25. The SMILES string of the molecule is C1COCCO1.c1ccoc1. The van der Waals surface area contributed by atoms with Gasteiger partial charge in [-0.25, -0.2) is 0 Å². The fraction of sp³-hybridized carbons (Fsp3) is 0.500. The van der Waals surface area contributed by atoms with Crippen molar-refractivity contribution < 1.29 is 13.9 Å². The molecule has 0 aromatic carbocycles. The summed E-state index contributed by atoms with van der Waals surface area (Å²) in [5.74, 6) is 0. The Kier molecular flexibility index (Phi) is 4.49. The van der Waals surface area contributed by atoms with Gasteiger partial charge in [-0.3, -0.25) is 0 Å². The van der Waals surface area contributed by atoms with Crippen LogP contribution >= 0.6 is 0 Å². The molecule has 3 nitrogen and oxygen atoms in total. The van der Waals surface area contributed by atoms with Gasteiger partial charge in [0, 0.05) is 0 Å². The second-order valence-electron chi connectivity index (χ2n) is 2.02. The molecule has 0 radical (unpaired) electrons. The van der Waals surface area contributed by atoms with Crippen molar-refractivity contribution in [3.05, 3.63) is 24.7 Å². The standard InChI is InChI=1S/C4H8O2.C4H4O/c1-2-6-4-3-5-1;1-2-4-5-3-1/h1-4H2;1-4H. The van der Waals surface area contributed by atoms with Crippen LogP contribution in [0.15, 0.2) is 29.1 Å². The highest BCUT2D eigenvalue weighted by atomic mass is 16.6. The minimum Gasteiger partial charge on any atom is -0.473 e. The van der Waals surface area contributed by atoms with E-state index in [1.165, 1.54) is 0 Å². The zero-order valence-electron chi connectivity index (χ0n) is 6.36. The van der Waals surface area contributed by atoms with Crippen molar-refractivity contribution in [2.75, 3.05) is 26.4 Å². The van der Waals surface area contributed by atoms with Crippen molar-refractivity contribution in [2.45, 2.75) is 0 Å². The molecule has 3 heteroatoms. The van der Waals surface area contributed by atoms with Gasteiger partial charge in [-0.1, -0.05) is 0 Å². The fourth-order valence-corrected chi connectivity index (χ4v) is 0.667. The molecule has 0 spiro atoms. The molecule has 2 rings (SSSR count). The van der Waals surface area contributed by atoms with Crippen LogP contribution in [-0.2, 0) is 9.47 Å². The molecule has 0 unspecified atom stereocenters. The lowest BCUT2D eigenvalue weighted by atomic mass is 10.6. The van der Waals surface area contributed by atoms with Crippen molar-refractivity contribution in [3.63, 3.8) is 0 Å². The lowest BCUT2D eigenvalue weighted by molar-refractivity contribution is -0.0334. The molecule has 0 atom stereocenters. The van der Waals surface area contributed by atoms with Crippen LogP contribution in [-0.4, -0.2) is 26.4 Å². The molecule has 62 valence electrons. The van der Waals surface area contributed by atoms with Crippen LogP contribution in [0.25, 0.3) is 0 Å². The lowest BCUT2D eigenvalue weighted by Crippen LogP contribution is -2.16. The second-order valence-corrected chi connectivity index (χ2v) is 2.02. The smallest absolute Gasteiger partial charge is 0.0902 e. The summed E-state index contributed by atoms with van der Waals surface area (Å²) < 4.78 is 14.5. The van der Waals surface area contributed by atoms with Gasteiger partial charge in [0.1, 0.15) is 0 Å². The molecule has 1 saturated heterocycles. The van der Waals surface area contributed by atoms with Gasteiger partial charge < -0.3 is 13.9 Å². The van der Waals surface area contributed by atoms with Crippen molar-refractivity contribution >= 4 is 0 Å². The first-order chi connectivity index (χ1) is 5.50. The second kappa shape index (κ2) is 5.95. The van der Waals surface area contributed by atoms with Gasteiger partial charge in [-0.2, -0.15) is 0 Å². The molecule has 2 heterocycles. The zero-order valence-corrected chi connectivity index (χ0v) is 6.36. The summed E-state index contributed by atoms with van der Waals surface area (Å²) >= 11 is 0. The van der Waals surface area contributed by atoms with Crippen molar-refractivity contribution in [1.29, 1.82) is 0 Å². The van der Waals surface area contributed by atoms with Crippen LogP contribution < -0.4 is 0 Å². The number of furan rings is 1. The Bertz CT molecular complexity index is 116. The normalized spacial score (nSPS) is 16.7. The first-order valence-corrected chi connectivity index (χ1v) is 3.63. The van der Waals surface area contributed by atoms with Crippen LogP contribution in [0.4, 0.5) is 0 Å². The molecule has 0 saturated carbocycles. The number of rotatable bonds is 0. The largest absolute Gasteiger partial charge is 0.473 e. The van der Waals surface area contributed by atoms with Crippen molar-refractivity contribution in [3.8, 4) is 0 Å². The number of hydrogen-bond donors (Lipinski definition) is 0. The average Bonchev–Trinajstić information content (AvgIpc) is 2.64. The van der Waals surface area contributed by atoms with E-state index in [4.69, 9.17) is 9.47 Å². The highest BCUT2D eigenvalue weighted by Crippen LogP contribution is 1.85. The number of ether oxygens (including phenoxy) is 2. The molecule has 1 fully saturated rings. The molecule has 0 N–H and O–H groups in total. The number of hydrogen-bond acceptors (Lipinski definition) is 3. The molecule has 1 aromatic heterocycles. The van der Waals surface area contributed by atoms with E-state index in [1.54, 1.807) is 12.5 Å². The average molecular weight is 156 g/mol. The van der Waals surface area contributed by atoms with Gasteiger partial charge in [0.05, 0.1) is 39.0 Å². The van der Waals surface area contributed by atoms with Crippen molar-refractivity contribution in [2.24, 2.45) is 0 Å². The topological polar surface area (TPSA) is 31.6 Å². The first kappa shape index (κ1) is 8.30. The van der Waals surface area contributed by atoms with Gasteiger partial charge in [0.15, 0.2) is 0 Å². The predicted octanol–water partition coefficient (Wildman–Crippen LogP) is 1.31. The Balaban J connectivity index is 0.000000112. The van der Waals surface area contributed by atoms with Gasteiger partial charge in [0.25, 0.3) is 0 Å². The fourth-order valence-electron chi connectivity index (χ4n) is 0.667. The summed E-state index contributed by atoms with van der Waals surface area (Å²) in [7, 11) is 0. The first-order valence-electron chi connectivity index (χ1n) is 3.63. The summed E-state index contributed by atoms with van der Waals surface area (Å²) in [4.78, 5) is 0. The van der Waals surface area contributed by atoms with Gasteiger partial charge in [-0.05, 0) is 12.1 Å². The van der Waals surface area contributed by atoms with E-state index in [9.17, 15) is 0 Å². The van der Waals surface area contributed by atoms with Gasteiger partial charge in [-0.15, -0.1) is 0 Å². The molecule has 0 bridgehead atoms. The Morgan fingerprint density at radius 2 is 1.18 bits per heavy atom. The Hall–Kier alpha value is -0.800. The highest BCUT2D eigenvalue weighted by molar-refractivity contribution is 4.79. The molecule has 1 aliphatic heterocycles. The lowest BCUT2D eigenvalue weighted by Gasteiger charge is -2.09.